The second kappa shape index (κ2) is 11.8. The summed E-state index contributed by atoms with van der Waals surface area (Å²) >= 11 is 0. The molecule has 0 rings (SSSR count). The van der Waals surface area contributed by atoms with Crippen molar-refractivity contribution in [3.05, 3.63) is 0 Å². The quantitative estimate of drug-likeness (QED) is 0.204. The number of carboxylic acid groups (broad SMARTS) is 2. The van der Waals surface area contributed by atoms with Crippen molar-refractivity contribution in [1.29, 1.82) is 0 Å². The van der Waals surface area contributed by atoms with Gasteiger partial charge in [0.1, 0.15) is 6.04 Å². The van der Waals surface area contributed by atoms with Gasteiger partial charge in [0.05, 0.1) is 12.1 Å². The summed E-state index contributed by atoms with van der Waals surface area (Å²) < 4.78 is 0. The van der Waals surface area contributed by atoms with Crippen LogP contribution in [0.2, 0.25) is 0 Å². The Bertz CT molecular complexity index is 612. The minimum absolute atomic E-state index is 0.0120. The van der Waals surface area contributed by atoms with E-state index in [4.69, 9.17) is 10.8 Å². The van der Waals surface area contributed by atoms with E-state index in [9.17, 15) is 24.3 Å². The van der Waals surface area contributed by atoms with Gasteiger partial charge < -0.3 is 37.2 Å². The van der Waals surface area contributed by atoms with Gasteiger partial charge in [-0.3, -0.25) is 14.4 Å². The highest BCUT2D eigenvalue weighted by Gasteiger charge is 2.29. The lowest BCUT2D eigenvalue weighted by Crippen LogP contribution is -2.59. The van der Waals surface area contributed by atoms with Crippen molar-refractivity contribution < 1.29 is 29.4 Å². The predicted octanol–water partition coefficient (Wildman–Crippen LogP) is -0.991. The third kappa shape index (κ3) is 12.3. The molecule has 0 aromatic heterocycles. The molecule has 8 N–H and O–H groups in total. The van der Waals surface area contributed by atoms with E-state index in [0.29, 0.717) is 0 Å². The first-order valence-corrected chi connectivity index (χ1v) is 9.84. The number of hydrogen-bond acceptors (Lipinski definition) is 7. The zero-order valence-electron chi connectivity index (χ0n) is 18.7. The van der Waals surface area contributed by atoms with Gasteiger partial charge in [-0.05, 0) is 48.0 Å². The average molecular weight is 432 g/mol. The van der Waals surface area contributed by atoms with Crippen LogP contribution in [0.3, 0.4) is 0 Å². The summed E-state index contributed by atoms with van der Waals surface area (Å²) in [6.45, 7) is 10.7. The Kier molecular flexibility index (Phi) is 10.9. The zero-order valence-corrected chi connectivity index (χ0v) is 18.7. The van der Waals surface area contributed by atoms with Crippen molar-refractivity contribution in [3.63, 3.8) is 0 Å². The van der Waals surface area contributed by atoms with E-state index in [1.165, 1.54) is 0 Å². The molecule has 0 aliphatic heterocycles. The van der Waals surface area contributed by atoms with Crippen LogP contribution < -0.4 is 27.0 Å². The highest BCUT2D eigenvalue weighted by molar-refractivity contribution is 5.88. The molecular weight excluding hydrogens is 394 g/mol. The van der Waals surface area contributed by atoms with Crippen LogP contribution in [0.15, 0.2) is 0 Å². The highest BCUT2D eigenvalue weighted by atomic mass is 16.4. The average Bonchev–Trinajstić information content (AvgIpc) is 2.57. The Balaban J connectivity index is 5.10. The third-order valence-electron chi connectivity index (χ3n) is 3.83. The molecule has 0 aliphatic carbocycles. The maximum atomic E-state index is 12.6. The molecule has 0 radical (unpaired) electrons. The lowest BCUT2D eigenvalue weighted by Gasteiger charge is -2.29. The van der Waals surface area contributed by atoms with Crippen molar-refractivity contribution in [2.45, 2.75) is 83.6 Å². The lowest BCUT2D eigenvalue weighted by atomic mass is 10.0. The van der Waals surface area contributed by atoms with Gasteiger partial charge in [0.2, 0.25) is 11.8 Å². The van der Waals surface area contributed by atoms with Crippen LogP contribution in [0, 0.1) is 0 Å². The molecule has 1 unspecified atom stereocenters. The van der Waals surface area contributed by atoms with E-state index in [1.807, 2.05) is 20.8 Å². The van der Waals surface area contributed by atoms with E-state index >= 15 is 0 Å². The molecule has 30 heavy (non-hydrogen) atoms. The summed E-state index contributed by atoms with van der Waals surface area (Å²) in [5, 5.41) is 29.2. The largest absolute Gasteiger partial charge is 0.481 e. The van der Waals surface area contributed by atoms with Gasteiger partial charge in [-0.15, -0.1) is 0 Å². The number of carbonyl (C=O) groups is 4. The molecule has 11 nitrogen and oxygen atoms in total. The highest BCUT2D eigenvalue weighted by Crippen LogP contribution is 2.07. The Labute approximate surface area is 177 Å². The molecule has 3 atom stereocenters. The molecular formula is C19H37N5O6. The van der Waals surface area contributed by atoms with Gasteiger partial charge in [-0.25, -0.2) is 4.79 Å². The lowest BCUT2D eigenvalue weighted by molar-refractivity contribution is -0.143. The van der Waals surface area contributed by atoms with Crippen molar-refractivity contribution in [3.8, 4) is 0 Å². The summed E-state index contributed by atoms with van der Waals surface area (Å²) in [6, 6.07) is -3.01. The summed E-state index contributed by atoms with van der Waals surface area (Å²) in [5.41, 5.74) is 4.74. The Hall–Kier alpha value is -2.24. The van der Waals surface area contributed by atoms with Gasteiger partial charge in [-0.1, -0.05) is 0 Å². The minimum Gasteiger partial charge on any atom is -0.481 e. The van der Waals surface area contributed by atoms with E-state index < -0.39 is 47.4 Å². The van der Waals surface area contributed by atoms with Gasteiger partial charge in [0.25, 0.3) is 0 Å². The van der Waals surface area contributed by atoms with E-state index in [1.54, 1.807) is 20.8 Å². The summed E-state index contributed by atoms with van der Waals surface area (Å²) in [7, 11) is 0. The molecule has 174 valence electrons. The van der Waals surface area contributed by atoms with Crippen molar-refractivity contribution in [1.82, 2.24) is 21.3 Å². The fourth-order valence-electron chi connectivity index (χ4n) is 2.61. The Morgan fingerprint density at radius 3 is 1.73 bits per heavy atom. The third-order valence-corrected chi connectivity index (χ3v) is 3.83. The van der Waals surface area contributed by atoms with Crippen molar-refractivity contribution in [2.75, 3.05) is 13.1 Å². The number of hydrogen-bond donors (Lipinski definition) is 7. The van der Waals surface area contributed by atoms with Crippen LogP contribution in [-0.2, 0) is 19.2 Å². The fraction of sp³-hybridized carbons (Fsp3) is 0.789. The molecule has 0 fully saturated rings. The number of amides is 2. The smallest absolute Gasteiger partial charge is 0.328 e. The number of carbonyl (C=O) groups excluding carboxylic acids is 2. The van der Waals surface area contributed by atoms with E-state index in [0.717, 1.165) is 0 Å². The number of carboxylic acids is 2. The summed E-state index contributed by atoms with van der Waals surface area (Å²) in [6.07, 6.45) is -0.270. The number of aliphatic carboxylic acids is 2. The van der Waals surface area contributed by atoms with Gasteiger partial charge in [0.15, 0.2) is 0 Å². The second-order valence-electron chi connectivity index (χ2n) is 9.21. The first kappa shape index (κ1) is 27.8. The Morgan fingerprint density at radius 2 is 1.33 bits per heavy atom. The predicted molar refractivity (Wildman–Crippen MR) is 112 cm³/mol. The Morgan fingerprint density at radius 1 is 0.833 bits per heavy atom. The van der Waals surface area contributed by atoms with Crippen LogP contribution in [0.4, 0.5) is 0 Å². The van der Waals surface area contributed by atoms with Crippen LogP contribution in [0.25, 0.3) is 0 Å². The van der Waals surface area contributed by atoms with Crippen molar-refractivity contribution >= 4 is 23.8 Å². The van der Waals surface area contributed by atoms with Gasteiger partial charge in [0, 0.05) is 30.6 Å². The van der Waals surface area contributed by atoms with Crippen LogP contribution in [0.1, 0.15) is 54.4 Å². The number of nitrogens with one attached hydrogen (secondary N) is 4. The normalized spacial score (nSPS) is 15.0. The monoisotopic (exact) mass is 431 g/mol. The van der Waals surface area contributed by atoms with Crippen LogP contribution in [-0.4, -0.2) is 76.3 Å². The number of rotatable bonds is 12. The molecule has 0 bridgehead atoms. The van der Waals surface area contributed by atoms with E-state index in [-0.39, 0.29) is 31.5 Å². The molecule has 0 aliphatic rings. The molecule has 0 heterocycles. The summed E-state index contributed by atoms with van der Waals surface area (Å²) in [5.74, 6) is -3.53. The van der Waals surface area contributed by atoms with E-state index in [2.05, 4.69) is 21.3 Å². The molecule has 0 aromatic rings. The molecule has 0 spiro atoms. The second-order valence-corrected chi connectivity index (χ2v) is 9.21. The molecule has 0 aromatic carbocycles. The molecule has 11 heteroatoms. The van der Waals surface area contributed by atoms with Gasteiger partial charge >= 0.3 is 11.9 Å². The SMILES string of the molecule is CC(C)(C)N[C@@H](CN)C(=O)NCC(NC(=O)[C@H](CCC(=O)O)NC(C)(C)C)C(=O)O. The zero-order chi connectivity index (χ0) is 23.7. The minimum atomic E-state index is -1.39. The van der Waals surface area contributed by atoms with Gasteiger partial charge in [-0.2, -0.15) is 0 Å². The number of nitrogens with two attached hydrogens (primary N) is 1. The standard InChI is InChI=1S/C19H37N5O6/c1-18(2,3)23-11(7-8-14(25)26)16(28)22-13(17(29)30)10-21-15(27)12(9-20)24-19(4,5)6/h11-13,23-24H,7-10,20H2,1-6H3,(H,21,27)(H,22,28)(H,25,26)(H,29,30)/t11-,12-,13?/m0/s1. The molecule has 0 saturated heterocycles. The first-order chi connectivity index (χ1) is 13.6. The van der Waals surface area contributed by atoms with Crippen LogP contribution in [0.5, 0.6) is 0 Å². The molecule has 0 saturated carbocycles. The summed E-state index contributed by atoms with van der Waals surface area (Å²) in [4.78, 5) is 47.4. The fourth-order valence-corrected chi connectivity index (χ4v) is 2.61. The maximum Gasteiger partial charge on any atom is 0.328 e. The first-order valence-electron chi connectivity index (χ1n) is 9.84. The van der Waals surface area contributed by atoms with Crippen molar-refractivity contribution in [2.24, 2.45) is 5.73 Å². The molecule has 2 amide bonds. The van der Waals surface area contributed by atoms with Crippen LogP contribution >= 0.6 is 0 Å². The maximum absolute atomic E-state index is 12.6. The topological polar surface area (TPSA) is 183 Å².